The molecule has 0 radical (unpaired) electrons. The summed E-state index contributed by atoms with van der Waals surface area (Å²) in [4.78, 5) is 43.8. The summed E-state index contributed by atoms with van der Waals surface area (Å²) < 4.78 is 52.6. The normalized spacial score (nSPS) is 29.1. The van der Waals surface area contributed by atoms with Crippen LogP contribution < -0.4 is 17.0 Å². The molecule has 19 nitrogen and oxygen atoms in total. The maximum atomic E-state index is 11.9. The van der Waals surface area contributed by atoms with Crippen molar-refractivity contribution in [2.45, 2.75) is 31.0 Å². The molecule has 192 valence electrons. The Bertz CT molecular complexity index is 1220. The fraction of sp³-hybridized carbons (Fsp3) is 0.500. The van der Waals surface area contributed by atoms with Crippen LogP contribution in [-0.4, -0.2) is 68.7 Å². The summed E-state index contributed by atoms with van der Waals surface area (Å²) in [6.45, 7) is 0.189. The second-order valence-electron chi connectivity index (χ2n) is 7.14. The highest BCUT2D eigenvalue weighted by Gasteiger charge is 2.54. The number of aliphatic hydroxyl groups is 2. The Morgan fingerprint density at radius 1 is 1.21 bits per heavy atom. The van der Waals surface area contributed by atoms with Crippen LogP contribution >= 0.6 is 23.5 Å². The van der Waals surface area contributed by atoms with E-state index in [2.05, 4.69) is 28.5 Å². The van der Waals surface area contributed by atoms with Crippen molar-refractivity contribution in [3.8, 4) is 0 Å². The number of nitrogens with two attached hydrogens (primary N) is 2. The van der Waals surface area contributed by atoms with Crippen LogP contribution in [-0.2, 0) is 31.6 Å². The van der Waals surface area contributed by atoms with E-state index in [1.165, 1.54) is 17.7 Å². The van der Waals surface area contributed by atoms with E-state index < -0.39 is 54.1 Å². The number of rotatable bonds is 9. The minimum atomic E-state index is -5.73. The zero-order valence-corrected chi connectivity index (χ0v) is 19.7. The Morgan fingerprint density at radius 2 is 1.85 bits per heavy atom. The summed E-state index contributed by atoms with van der Waals surface area (Å²) in [5.41, 5.74) is 6.56. The fourth-order valence-corrected chi connectivity index (χ4v) is 6.28. The van der Waals surface area contributed by atoms with Gasteiger partial charge in [-0.2, -0.15) is 8.62 Å². The van der Waals surface area contributed by atoms with Gasteiger partial charge in [0.05, 0.1) is 17.7 Å². The third-order valence-electron chi connectivity index (χ3n) is 4.62. The SMILES string of the molecule is C[C@@]1(O)[C@H](O)[C@@H](COP(=O)(O)OP(=O)(O)OP(=O)(O)O)O[C@H]1n1cc(NN)c2c(N)ncnc21. The Kier molecular flexibility index (Phi) is 7.29. The molecule has 1 fully saturated rings. The number of hydrogen-bond donors (Lipinski definition) is 9. The van der Waals surface area contributed by atoms with Crippen molar-refractivity contribution in [3.63, 3.8) is 0 Å². The van der Waals surface area contributed by atoms with Gasteiger partial charge in [0.15, 0.2) is 6.23 Å². The van der Waals surface area contributed by atoms with Crippen LogP contribution in [0.4, 0.5) is 11.5 Å². The number of phosphoric acid groups is 3. The average Bonchev–Trinajstić information content (AvgIpc) is 3.14. The molecule has 1 saturated heterocycles. The molecular weight excluding hydrogens is 529 g/mol. The van der Waals surface area contributed by atoms with Gasteiger partial charge in [0, 0.05) is 6.20 Å². The van der Waals surface area contributed by atoms with E-state index in [1.54, 1.807) is 0 Å². The highest BCUT2D eigenvalue weighted by molar-refractivity contribution is 7.66. The number of hydrazine groups is 1. The third kappa shape index (κ3) is 5.64. The molecular formula is C12H21N6O13P3. The van der Waals surface area contributed by atoms with Gasteiger partial charge in [0.2, 0.25) is 0 Å². The molecule has 1 aliphatic heterocycles. The molecule has 0 bridgehead atoms. The van der Waals surface area contributed by atoms with Gasteiger partial charge in [-0.15, -0.1) is 0 Å². The lowest BCUT2D eigenvalue weighted by Crippen LogP contribution is -2.44. The summed E-state index contributed by atoms with van der Waals surface area (Å²) in [7, 11) is -16.8. The summed E-state index contributed by atoms with van der Waals surface area (Å²) in [6.07, 6.45) is -2.17. The second-order valence-corrected chi connectivity index (χ2v) is 11.6. The number of phosphoric ester groups is 1. The number of aliphatic hydroxyl groups excluding tert-OH is 1. The molecule has 22 heteroatoms. The molecule has 0 amide bonds. The lowest BCUT2D eigenvalue weighted by molar-refractivity contribution is -0.0946. The van der Waals surface area contributed by atoms with Crippen LogP contribution in [0, 0.1) is 0 Å². The van der Waals surface area contributed by atoms with Crippen LogP contribution in [0.1, 0.15) is 13.2 Å². The molecule has 3 rings (SSSR count). The Hall–Kier alpha value is -1.53. The number of aromatic nitrogens is 3. The summed E-state index contributed by atoms with van der Waals surface area (Å²) in [5, 5.41) is 21.7. The number of ether oxygens (including phenoxy) is 1. The molecule has 3 heterocycles. The number of fused-ring (bicyclic) bond motifs is 1. The zero-order valence-electron chi connectivity index (χ0n) is 17.0. The summed E-state index contributed by atoms with van der Waals surface area (Å²) in [6, 6.07) is 0. The predicted molar refractivity (Wildman–Crippen MR) is 110 cm³/mol. The van der Waals surface area contributed by atoms with Gasteiger partial charge in [-0.25, -0.2) is 23.7 Å². The Morgan fingerprint density at radius 3 is 2.44 bits per heavy atom. The van der Waals surface area contributed by atoms with Gasteiger partial charge in [0.25, 0.3) is 0 Å². The van der Waals surface area contributed by atoms with Crippen LogP contribution in [0.25, 0.3) is 11.0 Å². The smallest absolute Gasteiger partial charge is 0.387 e. The minimum Gasteiger partial charge on any atom is -0.387 e. The highest BCUT2D eigenvalue weighted by Crippen LogP contribution is 2.66. The molecule has 2 aromatic heterocycles. The third-order valence-corrected chi connectivity index (χ3v) is 8.42. The maximum absolute atomic E-state index is 11.9. The fourth-order valence-electron chi connectivity index (χ4n) is 3.25. The molecule has 1 aliphatic rings. The molecule has 0 spiro atoms. The zero-order chi connectivity index (χ0) is 25.7. The topological polar surface area (TPSA) is 304 Å². The first kappa shape index (κ1) is 27.1. The lowest BCUT2D eigenvalue weighted by atomic mass is 9.96. The second kappa shape index (κ2) is 9.16. The lowest BCUT2D eigenvalue weighted by Gasteiger charge is -2.27. The Balaban J connectivity index is 1.81. The van der Waals surface area contributed by atoms with Crippen molar-refractivity contribution in [1.29, 1.82) is 0 Å². The van der Waals surface area contributed by atoms with Gasteiger partial charge in [-0.1, -0.05) is 0 Å². The van der Waals surface area contributed by atoms with Crippen molar-refractivity contribution in [2.75, 3.05) is 17.8 Å². The first-order chi connectivity index (χ1) is 15.5. The number of hydrogen-bond acceptors (Lipinski definition) is 14. The van der Waals surface area contributed by atoms with E-state index in [1.807, 2.05) is 0 Å². The van der Waals surface area contributed by atoms with Crippen LogP contribution in [0.15, 0.2) is 12.5 Å². The first-order valence-electron chi connectivity index (χ1n) is 8.89. The molecule has 34 heavy (non-hydrogen) atoms. The van der Waals surface area contributed by atoms with Crippen molar-refractivity contribution in [2.24, 2.45) is 5.84 Å². The van der Waals surface area contributed by atoms with Crippen LogP contribution in [0.2, 0.25) is 0 Å². The average molecular weight is 550 g/mol. The molecule has 11 N–H and O–H groups in total. The van der Waals surface area contributed by atoms with Crippen molar-refractivity contribution in [3.05, 3.63) is 12.5 Å². The number of anilines is 2. The quantitative estimate of drug-likeness (QED) is 0.0990. The summed E-state index contributed by atoms with van der Waals surface area (Å²) in [5.74, 6) is 5.52. The van der Waals surface area contributed by atoms with E-state index in [0.29, 0.717) is 0 Å². The van der Waals surface area contributed by atoms with Crippen LogP contribution in [0.3, 0.4) is 0 Å². The van der Waals surface area contributed by atoms with Crippen molar-refractivity contribution < 1.29 is 61.4 Å². The number of nitrogen functional groups attached to an aromatic ring is 2. The van der Waals surface area contributed by atoms with E-state index in [0.717, 1.165) is 6.33 Å². The largest absolute Gasteiger partial charge is 0.490 e. The monoisotopic (exact) mass is 550 g/mol. The molecule has 0 aliphatic carbocycles. The van der Waals surface area contributed by atoms with Gasteiger partial charge in [-0.05, 0) is 6.92 Å². The molecule has 0 aromatic carbocycles. The van der Waals surface area contributed by atoms with Crippen molar-refractivity contribution in [1.82, 2.24) is 14.5 Å². The number of nitrogens with zero attached hydrogens (tertiary/aromatic N) is 3. The molecule has 2 unspecified atom stereocenters. The summed E-state index contributed by atoms with van der Waals surface area (Å²) >= 11 is 0. The van der Waals surface area contributed by atoms with Crippen LogP contribution in [0.5, 0.6) is 0 Å². The van der Waals surface area contributed by atoms with E-state index in [9.17, 15) is 33.7 Å². The molecule has 6 atom stereocenters. The van der Waals surface area contributed by atoms with Gasteiger partial charge in [-0.3, -0.25) is 10.4 Å². The van der Waals surface area contributed by atoms with Gasteiger partial charge < -0.3 is 50.3 Å². The maximum Gasteiger partial charge on any atom is 0.490 e. The first-order valence-corrected chi connectivity index (χ1v) is 13.4. The minimum absolute atomic E-state index is 0.0408. The van der Waals surface area contributed by atoms with E-state index in [4.69, 9.17) is 26.1 Å². The predicted octanol–water partition coefficient (Wildman–Crippen LogP) is -1.35. The van der Waals surface area contributed by atoms with Crippen molar-refractivity contribution >= 4 is 46.0 Å². The van der Waals surface area contributed by atoms with Gasteiger partial charge >= 0.3 is 23.5 Å². The number of nitrogens with one attached hydrogen (secondary N) is 1. The van der Waals surface area contributed by atoms with Gasteiger partial charge in [0.1, 0.15) is 35.6 Å². The Labute approximate surface area is 189 Å². The standard InChI is InChI=1S/C12H21N6O13P3/c1-12(20)8(19)6(3-28-33(24,25)31-34(26,27)30-32(21,22)23)29-11(12)18-2-5(17-14)7-9(13)15-4-16-10(7)18/h2,4,6,8,11,17,19-20H,3,14H2,1H3,(H,24,25)(H,26,27)(H2,13,15,16)(H2,21,22,23)/t6-,8-,11-,12-/m1/s1. The molecule has 0 saturated carbocycles. The molecule has 2 aromatic rings. The highest BCUT2D eigenvalue weighted by atomic mass is 31.3. The van der Waals surface area contributed by atoms with E-state index >= 15 is 0 Å². The van der Waals surface area contributed by atoms with E-state index in [-0.39, 0.29) is 22.5 Å².